The SMILES string of the molecule is Cn1ncnc1SCCCOc1cccc(CN)c1. The summed E-state index contributed by atoms with van der Waals surface area (Å²) in [4.78, 5) is 4.15. The highest BCUT2D eigenvalue weighted by Gasteiger charge is 2.01. The van der Waals surface area contributed by atoms with Crippen molar-refractivity contribution in [3.63, 3.8) is 0 Å². The van der Waals surface area contributed by atoms with Gasteiger partial charge in [-0.2, -0.15) is 5.10 Å². The van der Waals surface area contributed by atoms with Crippen LogP contribution in [0.5, 0.6) is 5.75 Å². The Balaban J connectivity index is 1.68. The van der Waals surface area contributed by atoms with Gasteiger partial charge in [0.25, 0.3) is 0 Å². The summed E-state index contributed by atoms with van der Waals surface area (Å²) in [6.07, 6.45) is 2.53. The number of hydrogen-bond donors (Lipinski definition) is 1. The topological polar surface area (TPSA) is 66.0 Å². The van der Waals surface area contributed by atoms with E-state index in [4.69, 9.17) is 10.5 Å². The molecule has 19 heavy (non-hydrogen) atoms. The number of hydrogen-bond acceptors (Lipinski definition) is 5. The number of thioether (sulfide) groups is 1. The van der Waals surface area contributed by atoms with Gasteiger partial charge in [-0.05, 0) is 24.1 Å². The summed E-state index contributed by atoms with van der Waals surface area (Å²) in [7, 11) is 1.89. The molecule has 2 rings (SSSR count). The molecule has 0 bridgehead atoms. The molecule has 1 heterocycles. The number of aromatic nitrogens is 3. The van der Waals surface area contributed by atoms with E-state index < -0.39 is 0 Å². The first-order chi connectivity index (χ1) is 9.29. The van der Waals surface area contributed by atoms with Gasteiger partial charge in [-0.1, -0.05) is 23.9 Å². The van der Waals surface area contributed by atoms with Crippen LogP contribution in [0.2, 0.25) is 0 Å². The average Bonchev–Trinajstić information content (AvgIpc) is 2.84. The molecule has 5 nitrogen and oxygen atoms in total. The zero-order chi connectivity index (χ0) is 13.5. The van der Waals surface area contributed by atoms with Gasteiger partial charge in [0.15, 0.2) is 5.16 Å². The van der Waals surface area contributed by atoms with Crippen LogP contribution in [0.25, 0.3) is 0 Å². The summed E-state index contributed by atoms with van der Waals surface area (Å²) in [6, 6.07) is 7.90. The Hall–Kier alpha value is -1.53. The highest BCUT2D eigenvalue weighted by Crippen LogP contribution is 2.16. The molecule has 0 aliphatic rings. The molecule has 0 saturated heterocycles. The first kappa shape index (κ1) is 13.9. The van der Waals surface area contributed by atoms with Crippen molar-refractivity contribution in [2.45, 2.75) is 18.1 Å². The number of nitrogens with zero attached hydrogens (tertiary/aromatic N) is 3. The van der Waals surface area contributed by atoms with Crippen LogP contribution in [0.1, 0.15) is 12.0 Å². The third-order valence-electron chi connectivity index (χ3n) is 2.59. The van der Waals surface area contributed by atoms with E-state index in [1.807, 2.05) is 31.3 Å². The van der Waals surface area contributed by atoms with E-state index >= 15 is 0 Å². The van der Waals surface area contributed by atoms with E-state index in [9.17, 15) is 0 Å². The lowest BCUT2D eigenvalue weighted by atomic mass is 10.2. The van der Waals surface area contributed by atoms with E-state index in [1.54, 1.807) is 22.8 Å². The van der Waals surface area contributed by atoms with E-state index in [0.717, 1.165) is 28.6 Å². The van der Waals surface area contributed by atoms with Crippen LogP contribution in [0, 0.1) is 0 Å². The maximum absolute atomic E-state index is 5.69. The number of nitrogens with two attached hydrogens (primary N) is 1. The Kier molecular flexibility index (Phi) is 5.23. The lowest BCUT2D eigenvalue weighted by Gasteiger charge is -2.07. The molecular weight excluding hydrogens is 260 g/mol. The fourth-order valence-electron chi connectivity index (χ4n) is 1.59. The van der Waals surface area contributed by atoms with E-state index in [0.29, 0.717) is 13.2 Å². The predicted molar refractivity (Wildman–Crippen MR) is 76.2 cm³/mol. The van der Waals surface area contributed by atoms with Gasteiger partial charge in [0.1, 0.15) is 12.1 Å². The molecule has 0 aliphatic carbocycles. The largest absolute Gasteiger partial charge is 0.494 e. The Bertz CT molecular complexity index is 515. The van der Waals surface area contributed by atoms with Gasteiger partial charge in [0, 0.05) is 19.3 Å². The zero-order valence-electron chi connectivity index (χ0n) is 11.0. The Morgan fingerprint density at radius 2 is 2.32 bits per heavy atom. The van der Waals surface area contributed by atoms with Crippen molar-refractivity contribution in [3.05, 3.63) is 36.2 Å². The molecule has 0 amide bonds. The van der Waals surface area contributed by atoms with Crippen LogP contribution < -0.4 is 10.5 Å². The van der Waals surface area contributed by atoms with Gasteiger partial charge >= 0.3 is 0 Å². The molecule has 1 aromatic heterocycles. The van der Waals surface area contributed by atoms with Gasteiger partial charge in [-0.15, -0.1) is 0 Å². The van der Waals surface area contributed by atoms with Gasteiger partial charge in [0.05, 0.1) is 6.61 Å². The monoisotopic (exact) mass is 278 g/mol. The molecule has 6 heteroatoms. The van der Waals surface area contributed by atoms with Gasteiger partial charge in [0.2, 0.25) is 0 Å². The Morgan fingerprint density at radius 3 is 3.05 bits per heavy atom. The fourth-order valence-corrected chi connectivity index (χ4v) is 2.39. The minimum Gasteiger partial charge on any atom is -0.494 e. The molecule has 0 atom stereocenters. The van der Waals surface area contributed by atoms with Gasteiger partial charge < -0.3 is 10.5 Å². The van der Waals surface area contributed by atoms with E-state index in [-0.39, 0.29) is 0 Å². The number of benzene rings is 1. The molecular formula is C13H18N4OS. The van der Waals surface area contributed by atoms with Gasteiger partial charge in [-0.3, -0.25) is 0 Å². The first-order valence-electron chi connectivity index (χ1n) is 6.18. The van der Waals surface area contributed by atoms with Crippen LogP contribution in [0.15, 0.2) is 35.7 Å². The Morgan fingerprint density at radius 1 is 1.42 bits per heavy atom. The molecule has 2 aromatic rings. The third-order valence-corrected chi connectivity index (χ3v) is 3.71. The molecule has 0 spiro atoms. The second-order valence-electron chi connectivity index (χ2n) is 4.07. The summed E-state index contributed by atoms with van der Waals surface area (Å²) in [5.41, 5.74) is 6.68. The number of ether oxygens (including phenoxy) is 1. The van der Waals surface area contributed by atoms with E-state index in [2.05, 4.69) is 10.1 Å². The van der Waals surface area contributed by atoms with Crippen molar-refractivity contribution in [2.24, 2.45) is 12.8 Å². The van der Waals surface area contributed by atoms with Crippen molar-refractivity contribution in [1.82, 2.24) is 14.8 Å². The maximum atomic E-state index is 5.69. The molecule has 0 radical (unpaired) electrons. The van der Waals surface area contributed by atoms with Gasteiger partial charge in [-0.25, -0.2) is 9.67 Å². The molecule has 2 N–H and O–H groups in total. The summed E-state index contributed by atoms with van der Waals surface area (Å²) >= 11 is 1.69. The van der Waals surface area contributed by atoms with Crippen LogP contribution >= 0.6 is 11.8 Å². The second-order valence-corrected chi connectivity index (χ2v) is 5.13. The highest BCUT2D eigenvalue weighted by atomic mass is 32.2. The fraction of sp³-hybridized carbons (Fsp3) is 0.385. The Labute approximate surface area is 117 Å². The van der Waals surface area contributed by atoms with Crippen molar-refractivity contribution >= 4 is 11.8 Å². The number of rotatable bonds is 7. The van der Waals surface area contributed by atoms with Crippen LogP contribution in [-0.4, -0.2) is 27.1 Å². The van der Waals surface area contributed by atoms with E-state index in [1.165, 1.54) is 0 Å². The van der Waals surface area contributed by atoms with Crippen molar-refractivity contribution < 1.29 is 4.74 Å². The molecule has 0 fully saturated rings. The molecule has 1 aromatic carbocycles. The summed E-state index contributed by atoms with van der Waals surface area (Å²) in [5.74, 6) is 1.84. The normalized spacial score (nSPS) is 10.6. The minimum atomic E-state index is 0.541. The van der Waals surface area contributed by atoms with Crippen molar-refractivity contribution in [3.8, 4) is 5.75 Å². The lowest BCUT2D eigenvalue weighted by molar-refractivity contribution is 0.318. The zero-order valence-corrected chi connectivity index (χ0v) is 11.8. The lowest BCUT2D eigenvalue weighted by Crippen LogP contribution is -2.01. The first-order valence-corrected chi connectivity index (χ1v) is 7.17. The quantitative estimate of drug-likeness (QED) is 0.618. The minimum absolute atomic E-state index is 0.541. The van der Waals surface area contributed by atoms with Crippen molar-refractivity contribution in [2.75, 3.05) is 12.4 Å². The number of aryl methyl sites for hydroxylation is 1. The third kappa shape index (κ3) is 4.25. The summed E-state index contributed by atoms with van der Waals surface area (Å²) in [6.45, 7) is 1.23. The molecule has 102 valence electrons. The predicted octanol–water partition coefficient (Wildman–Crippen LogP) is 1.83. The van der Waals surface area contributed by atoms with Crippen LogP contribution in [-0.2, 0) is 13.6 Å². The van der Waals surface area contributed by atoms with Crippen LogP contribution in [0.3, 0.4) is 0 Å². The summed E-state index contributed by atoms with van der Waals surface area (Å²) in [5, 5.41) is 4.96. The van der Waals surface area contributed by atoms with Crippen LogP contribution in [0.4, 0.5) is 0 Å². The summed E-state index contributed by atoms with van der Waals surface area (Å²) < 4.78 is 7.46. The smallest absolute Gasteiger partial charge is 0.185 e. The standard InChI is InChI=1S/C13H18N4OS/c1-17-13(15-10-16-17)19-7-3-6-18-12-5-2-4-11(8-12)9-14/h2,4-5,8,10H,3,6-7,9,14H2,1H3. The second kappa shape index (κ2) is 7.16. The molecule has 0 saturated carbocycles. The maximum Gasteiger partial charge on any atom is 0.185 e. The molecule has 0 unspecified atom stereocenters. The molecule has 0 aliphatic heterocycles. The average molecular weight is 278 g/mol. The van der Waals surface area contributed by atoms with Crippen molar-refractivity contribution in [1.29, 1.82) is 0 Å². The highest BCUT2D eigenvalue weighted by molar-refractivity contribution is 7.99.